The zero-order valence-electron chi connectivity index (χ0n) is 14.6. The number of guanidine groups is 1. The molecule has 138 valence electrons. The summed E-state index contributed by atoms with van der Waals surface area (Å²) >= 11 is 0. The van der Waals surface area contributed by atoms with Crippen molar-refractivity contribution >= 4 is 27.4 Å². The number of ether oxygens (including phenoxy) is 1. The number of hydrogen-bond donors (Lipinski definition) is 2. The van der Waals surface area contributed by atoms with Gasteiger partial charge in [-0.05, 0) is 36.2 Å². The van der Waals surface area contributed by atoms with Gasteiger partial charge in [-0.25, -0.2) is 13.4 Å². The van der Waals surface area contributed by atoms with E-state index in [4.69, 9.17) is 10.5 Å². The number of aliphatic imine (C=N–C) groups is 1. The van der Waals surface area contributed by atoms with Gasteiger partial charge in [-0.1, -0.05) is 18.2 Å². The summed E-state index contributed by atoms with van der Waals surface area (Å²) in [7, 11) is -1.55. The van der Waals surface area contributed by atoms with E-state index >= 15 is 0 Å². The minimum absolute atomic E-state index is 0.214. The minimum Gasteiger partial charge on any atom is -0.497 e. The van der Waals surface area contributed by atoms with E-state index in [9.17, 15) is 8.42 Å². The van der Waals surface area contributed by atoms with Crippen molar-refractivity contribution in [2.45, 2.75) is 13.0 Å². The fourth-order valence-electron chi connectivity index (χ4n) is 2.76. The Morgan fingerprint density at radius 2 is 2.04 bits per heavy atom. The van der Waals surface area contributed by atoms with Crippen molar-refractivity contribution in [3.05, 3.63) is 54.1 Å². The average molecular weight is 374 g/mol. The first-order valence-corrected chi connectivity index (χ1v) is 9.89. The van der Waals surface area contributed by atoms with Crippen molar-refractivity contribution in [1.82, 2.24) is 0 Å². The first kappa shape index (κ1) is 18.1. The minimum atomic E-state index is -3.15. The molecule has 0 bridgehead atoms. The second-order valence-electron chi connectivity index (χ2n) is 5.97. The van der Waals surface area contributed by atoms with E-state index in [1.807, 2.05) is 36.4 Å². The van der Waals surface area contributed by atoms with Crippen LogP contribution in [0.3, 0.4) is 0 Å². The van der Waals surface area contributed by atoms with Crippen LogP contribution >= 0.6 is 0 Å². The average Bonchev–Trinajstić information content (AvgIpc) is 3.00. The molecule has 0 saturated carbocycles. The van der Waals surface area contributed by atoms with Crippen molar-refractivity contribution in [2.24, 2.45) is 10.7 Å². The molecule has 0 spiro atoms. The Hall–Kier alpha value is -2.74. The van der Waals surface area contributed by atoms with Gasteiger partial charge in [-0.15, -0.1) is 0 Å². The summed E-state index contributed by atoms with van der Waals surface area (Å²) in [6, 6.07) is 14.7. The van der Waals surface area contributed by atoms with Gasteiger partial charge >= 0.3 is 0 Å². The molecule has 26 heavy (non-hydrogen) atoms. The second kappa shape index (κ2) is 7.65. The van der Waals surface area contributed by atoms with Gasteiger partial charge in [0.15, 0.2) is 5.96 Å². The molecule has 3 rings (SSSR count). The Labute approximate surface area is 153 Å². The van der Waals surface area contributed by atoms with E-state index in [0.29, 0.717) is 31.2 Å². The molecule has 1 aliphatic heterocycles. The van der Waals surface area contributed by atoms with Gasteiger partial charge in [0, 0.05) is 18.3 Å². The third kappa shape index (κ3) is 4.26. The molecule has 0 aromatic heterocycles. The van der Waals surface area contributed by atoms with Crippen LogP contribution < -0.4 is 20.1 Å². The molecule has 1 heterocycles. The Bertz CT molecular complexity index is 895. The number of benzene rings is 2. The Morgan fingerprint density at radius 3 is 2.69 bits per heavy atom. The summed E-state index contributed by atoms with van der Waals surface area (Å²) in [5, 5.41) is 3.01. The summed E-state index contributed by atoms with van der Waals surface area (Å²) in [4.78, 5) is 4.31. The van der Waals surface area contributed by atoms with E-state index in [2.05, 4.69) is 10.3 Å². The highest BCUT2D eigenvalue weighted by Crippen LogP contribution is 2.24. The molecular formula is C18H22N4O3S. The van der Waals surface area contributed by atoms with Crippen molar-refractivity contribution < 1.29 is 13.2 Å². The summed E-state index contributed by atoms with van der Waals surface area (Å²) in [6.45, 7) is 0.938. The number of anilines is 2. The highest BCUT2D eigenvalue weighted by Gasteiger charge is 2.28. The second-order valence-corrected chi connectivity index (χ2v) is 7.98. The van der Waals surface area contributed by atoms with Gasteiger partial charge in [-0.2, -0.15) is 0 Å². The molecule has 0 radical (unpaired) electrons. The first-order valence-electron chi connectivity index (χ1n) is 8.28. The lowest BCUT2D eigenvalue weighted by Crippen LogP contribution is -2.25. The number of nitrogens with one attached hydrogen (secondary N) is 1. The van der Waals surface area contributed by atoms with Crippen molar-refractivity contribution in [2.75, 3.05) is 29.0 Å². The lowest BCUT2D eigenvalue weighted by Gasteiger charge is -2.16. The van der Waals surface area contributed by atoms with Crippen LogP contribution in [0.25, 0.3) is 0 Å². The largest absolute Gasteiger partial charge is 0.497 e. The Balaban J connectivity index is 1.62. The van der Waals surface area contributed by atoms with Gasteiger partial charge in [0.05, 0.1) is 25.1 Å². The fourth-order valence-corrected chi connectivity index (χ4v) is 4.33. The Morgan fingerprint density at radius 1 is 1.27 bits per heavy atom. The van der Waals surface area contributed by atoms with E-state index in [0.717, 1.165) is 17.0 Å². The van der Waals surface area contributed by atoms with E-state index in [1.165, 1.54) is 4.31 Å². The number of rotatable bonds is 5. The third-order valence-corrected chi connectivity index (χ3v) is 5.97. The molecule has 8 heteroatoms. The van der Waals surface area contributed by atoms with Gasteiger partial charge in [0.1, 0.15) is 5.75 Å². The maximum absolute atomic E-state index is 12.0. The number of sulfonamides is 1. The zero-order valence-corrected chi connectivity index (χ0v) is 15.4. The number of nitrogens with two attached hydrogens (primary N) is 1. The molecule has 1 fully saturated rings. The fraction of sp³-hybridized carbons (Fsp3) is 0.278. The molecule has 0 unspecified atom stereocenters. The standard InChI is InChI=1S/C18H22N4O3S/c1-25-17-5-2-4-15(12-17)21-18(19)20-13-14-6-8-16(9-7-14)22-10-3-11-26(22,23)24/h2,4-9,12H,3,10-11,13H2,1H3,(H3,19,20,21). The molecule has 0 aliphatic carbocycles. The third-order valence-electron chi connectivity index (χ3n) is 4.10. The van der Waals surface area contributed by atoms with Crippen molar-refractivity contribution in [3.8, 4) is 5.75 Å². The Kier molecular flexibility index (Phi) is 5.32. The molecule has 1 aliphatic rings. The topological polar surface area (TPSA) is 97.0 Å². The highest BCUT2D eigenvalue weighted by molar-refractivity contribution is 7.93. The highest BCUT2D eigenvalue weighted by atomic mass is 32.2. The predicted molar refractivity (Wildman–Crippen MR) is 104 cm³/mol. The molecule has 1 saturated heterocycles. The SMILES string of the molecule is COc1cccc(NC(N)=NCc2ccc(N3CCCS3(=O)=O)cc2)c1. The molecule has 7 nitrogen and oxygen atoms in total. The van der Waals surface area contributed by atoms with Crippen LogP contribution in [0, 0.1) is 0 Å². The maximum Gasteiger partial charge on any atom is 0.235 e. The molecule has 2 aromatic rings. The van der Waals surface area contributed by atoms with Crippen LogP contribution in [0.15, 0.2) is 53.5 Å². The van der Waals surface area contributed by atoms with Crippen LogP contribution in [0.2, 0.25) is 0 Å². The lowest BCUT2D eigenvalue weighted by molar-refractivity contribution is 0.415. The van der Waals surface area contributed by atoms with Crippen LogP contribution in [0.5, 0.6) is 5.75 Å². The smallest absolute Gasteiger partial charge is 0.235 e. The van der Waals surface area contributed by atoms with E-state index in [1.54, 1.807) is 19.2 Å². The van der Waals surface area contributed by atoms with Crippen LogP contribution in [0.4, 0.5) is 11.4 Å². The molecular weight excluding hydrogens is 352 g/mol. The maximum atomic E-state index is 12.0. The zero-order chi connectivity index (χ0) is 18.6. The number of hydrogen-bond acceptors (Lipinski definition) is 4. The van der Waals surface area contributed by atoms with E-state index < -0.39 is 10.0 Å². The van der Waals surface area contributed by atoms with E-state index in [-0.39, 0.29) is 5.75 Å². The van der Waals surface area contributed by atoms with Gasteiger partial charge in [-0.3, -0.25) is 4.31 Å². The summed E-state index contributed by atoms with van der Waals surface area (Å²) in [5.74, 6) is 1.24. The van der Waals surface area contributed by atoms with Crippen molar-refractivity contribution in [1.29, 1.82) is 0 Å². The number of methoxy groups -OCH3 is 1. The molecule has 2 aromatic carbocycles. The van der Waals surface area contributed by atoms with Crippen LogP contribution in [-0.4, -0.2) is 33.8 Å². The van der Waals surface area contributed by atoms with Gasteiger partial charge < -0.3 is 15.8 Å². The number of nitrogens with zero attached hydrogens (tertiary/aromatic N) is 2. The normalized spacial score (nSPS) is 16.5. The molecule has 0 amide bonds. The van der Waals surface area contributed by atoms with Gasteiger partial charge in [0.25, 0.3) is 0 Å². The lowest BCUT2D eigenvalue weighted by atomic mass is 10.2. The van der Waals surface area contributed by atoms with Crippen LogP contribution in [-0.2, 0) is 16.6 Å². The van der Waals surface area contributed by atoms with Crippen molar-refractivity contribution in [3.63, 3.8) is 0 Å². The summed E-state index contributed by atoms with van der Waals surface area (Å²) in [5.41, 5.74) is 8.35. The molecule has 0 atom stereocenters. The van der Waals surface area contributed by atoms with Gasteiger partial charge in [0.2, 0.25) is 10.0 Å². The first-order chi connectivity index (χ1) is 12.5. The molecule has 3 N–H and O–H groups in total. The summed E-state index contributed by atoms with van der Waals surface area (Å²) < 4.78 is 30.5. The quantitative estimate of drug-likeness (QED) is 0.617. The monoisotopic (exact) mass is 374 g/mol. The predicted octanol–water partition coefficient (Wildman–Crippen LogP) is 2.16. The summed E-state index contributed by atoms with van der Waals surface area (Å²) in [6.07, 6.45) is 0.668. The van der Waals surface area contributed by atoms with Crippen LogP contribution in [0.1, 0.15) is 12.0 Å².